The monoisotopic (exact) mass is 374 g/mol. The molecule has 122 valence electrons. The van der Waals surface area contributed by atoms with Crippen LogP contribution >= 0.6 is 34.7 Å². The van der Waals surface area contributed by atoms with Crippen molar-refractivity contribution in [2.45, 2.75) is 11.3 Å². The number of halogens is 1. The number of anilines is 1. The minimum Gasteiger partial charge on any atom is -0.325 e. The molecule has 0 bridgehead atoms. The molecule has 6 heteroatoms. The number of rotatable bonds is 5. The van der Waals surface area contributed by atoms with E-state index in [-0.39, 0.29) is 5.91 Å². The third kappa shape index (κ3) is 4.38. The van der Waals surface area contributed by atoms with Gasteiger partial charge in [-0.05, 0) is 24.6 Å². The standard InChI is InChI=1S/C18H15ClN2OS2/c1-12-7-8-14(9-15(12)19)20-17(22)11-24-18-21-16(10-23-18)13-5-3-2-4-6-13/h2-10H,11H2,1H3,(H,20,22). The van der Waals surface area contributed by atoms with Gasteiger partial charge in [0, 0.05) is 21.7 Å². The summed E-state index contributed by atoms with van der Waals surface area (Å²) in [6.45, 7) is 1.93. The molecule has 24 heavy (non-hydrogen) atoms. The molecule has 3 rings (SSSR count). The smallest absolute Gasteiger partial charge is 0.234 e. The van der Waals surface area contributed by atoms with E-state index in [0.29, 0.717) is 16.5 Å². The Hall–Kier alpha value is -1.82. The summed E-state index contributed by atoms with van der Waals surface area (Å²) in [4.78, 5) is 16.6. The molecule has 1 heterocycles. The highest BCUT2D eigenvalue weighted by Gasteiger charge is 2.09. The lowest BCUT2D eigenvalue weighted by Crippen LogP contribution is -2.13. The van der Waals surface area contributed by atoms with Crippen molar-refractivity contribution in [3.05, 3.63) is 64.5 Å². The van der Waals surface area contributed by atoms with E-state index in [4.69, 9.17) is 11.6 Å². The lowest BCUT2D eigenvalue weighted by Gasteiger charge is -2.06. The van der Waals surface area contributed by atoms with Crippen LogP contribution in [0.5, 0.6) is 0 Å². The Kier molecular flexibility index (Phi) is 5.56. The first kappa shape index (κ1) is 17.0. The number of nitrogens with one attached hydrogen (secondary N) is 1. The number of aryl methyl sites for hydroxylation is 1. The van der Waals surface area contributed by atoms with Gasteiger partial charge >= 0.3 is 0 Å². The van der Waals surface area contributed by atoms with Crippen molar-refractivity contribution >= 4 is 46.3 Å². The van der Waals surface area contributed by atoms with E-state index in [1.807, 2.05) is 54.8 Å². The van der Waals surface area contributed by atoms with Gasteiger partial charge in [0.25, 0.3) is 0 Å². The summed E-state index contributed by atoms with van der Waals surface area (Å²) >= 11 is 9.05. The van der Waals surface area contributed by atoms with Gasteiger partial charge in [-0.25, -0.2) is 4.98 Å². The van der Waals surface area contributed by atoms with E-state index in [2.05, 4.69) is 10.3 Å². The maximum atomic E-state index is 12.1. The molecule has 3 aromatic rings. The second-order valence-corrected chi connectivity index (χ2v) is 7.65. The van der Waals surface area contributed by atoms with Gasteiger partial charge in [0.05, 0.1) is 11.4 Å². The Morgan fingerprint density at radius 2 is 2.04 bits per heavy atom. The quantitative estimate of drug-likeness (QED) is 0.599. The van der Waals surface area contributed by atoms with Crippen molar-refractivity contribution in [3.8, 4) is 11.3 Å². The Morgan fingerprint density at radius 1 is 1.25 bits per heavy atom. The maximum absolute atomic E-state index is 12.1. The van der Waals surface area contributed by atoms with Gasteiger partial charge < -0.3 is 5.32 Å². The number of thioether (sulfide) groups is 1. The highest BCUT2D eigenvalue weighted by Crippen LogP contribution is 2.28. The molecule has 3 nitrogen and oxygen atoms in total. The van der Waals surface area contributed by atoms with E-state index in [1.165, 1.54) is 11.8 Å². The molecule has 0 saturated carbocycles. The van der Waals surface area contributed by atoms with Crippen molar-refractivity contribution in [1.29, 1.82) is 0 Å². The number of nitrogens with zero attached hydrogens (tertiary/aromatic N) is 1. The first-order valence-corrected chi connectivity index (χ1v) is 9.56. The number of hydrogen-bond donors (Lipinski definition) is 1. The van der Waals surface area contributed by atoms with Gasteiger partial charge in [-0.15, -0.1) is 11.3 Å². The highest BCUT2D eigenvalue weighted by molar-refractivity contribution is 8.01. The van der Waals surface area contributed by atoms with Crippen LogP contribution in [0.2, 0.25) is 5.02 Å². The van der Waals surface area contributed by atoms with Crippen molar-refractivity contribution in [2.75, 3.05) is 11.1 Å². The molecule has 0 aliphatic carbocycles. The Morgan fingerprint density at radius 3 is 2.79 bits per heavy atom. The fourth-order valence-electron chi connectivity index (χ4n) is 2.06. The third-order valence-electron chi connectivity index (χ3n) is 3.33. The SMILES string of the molecule is Cc1ccc(NC(=O)CSc2nc(-c3ccccc3)cs2)cc1Cl. The maximum Gasteiger partial charge on any atom is 0.234 e. The second kappa shape index (κ2) is 7.83. The van der Waals surface area contributed by atoms with Crippen LogP contribution in [-0.4, -0.2) is 16.6 Å². The van der Waals surface area contributed by atoms with Crippen LogP contribution in [0.1, 0.15) is 5.56 Å². The first-order valence-electron chi connectivity index (χ1n) is 7.31. The second-order valence-electron chi connectivity index (χ2n) is 5.17. The van der Waals surface area contributed by atoms with Crippen LogP contribution < -0.4 is 5.32 Å². The van der Waals surface area contributed by atoms with E-state index in [1.54, 1.807) is 17.4 Å². The zero-order valence-corrected chi connectivity index (χ0v) is 15.3. The molecular formula is C18H15ClN2OS2. The summed E-state index contributed by atoms with van der Waals surface area (Å²) in [7, 11) is 0. The normalized spacial score (nSPS) is 10.6. The molecule has 0 fully saturated rings. The molecule has 0 aliphatic rings. The average molecular weight is 375 g/mol. The molecular weight excluding hydrogens is 360 g/mol. The number of benzene rings is 2. The molecule has 1 aromatic heterocycles. The minimum absolute atomic E-state index is 0.0728. The van der Waals surface area contributed by atoms with Gasteiger partial charge in [-0.3, -0.25) is 4.79 Å². The zero-order valence-electron chi connectivity index (χ0n) is 13.0. The summed E-state index contributed by atoms with van der Waals surface area (Å²) < 4.78 is 0.881. The Bertz CT molecular complexity index is 849. The Balaban J connectivity index is 1.56. The largest absolute Gasteiger partial charge is 0.325 e. The molecule has 0 unspecified atom stereocenters. The van der Waals surface area contributed by atoms with Crippen LogP contribution in [-0.2, 0) is 4.79 Å². The van der Waals surface area contributed by atoms with Crippen molar-refractivity contribution in [1.82, 2.24) is 4.98 Å². The number of carbonyl (C=O) groups is 1. The lowest BCUT2D eigenvalue weighted by molar-refractivity contribution is -0.113. The van der Waals surface area contributed by atoms with Gasteiger partial charge in [0.15, 0.2) is 4.34 Å². The number of aromatic nitrogens is 1. The zero-order chi connectivity index (χ0) is 16.9. The summed E-state index contributed by atoms with van der Waals surface area (Å²) in [5.41, 5.74) is 3.72. The molecule has 0 atom stereocenters. The summed E-state index contributed by atoms with van der Waals surface area (Å²) in [6, 6.07) is 15.5. The molecule has 0 spiro atoms. The van der Waals surface area contributed by atoms with E-state index in [0.717, 1.165) is 21.2 Å². The first-order chi connectivity index (χ1) is 11.6. The van der Waals surface area contributed by atoms with Gasteiger partial charge in [-0.1, -0.05) is 59.8 Å². The fourth-order valence-corrected chi connectivity index (χ4v) is 3.88. The predicted octanol–water partition coefficient (Wildman–Crippen LogP) is 5.50. The number of carbonyl (C=O) groups excluding carboxylic acids is 1. The molecule has 2 aromatic carbocycles. The fraction of sp³-hybridized carbons (Fsp3) is 0.111. The molecule has 0 radical (unpaired) electrons. The number of thiazole rings is 1. The van der Waals surface area contributed by atoms with Crippen molar-refractivity contribution in [2.24, 2.45) is 0 Å². The summed E-state index contributed by atoms with van der Waals surface area (Å²) in [6.07, 6.45) is 0. The van der Waals surface area contributed by atoms with Crippen LogP contribution in [0.25, 0.3) is 11.3 Å². The average Bonchev–Trinajstić information content (AvgIpc) is 3.06. The van der Waals surface area contributed by atoms with E-state index >= 15 is 0 Å². The lowest BCUT2D eigenvalue weighted by atomic mass is 10.2. The highest BCUT2D eigenvalue weighted by atomic mass is 35.5. The van der Waals surface area contributed by atoms with E-state index in [9.17, 15) is 4.79 Å². The van der Waals surface area contributed by atoms with Crippen LogP contribution in [0.4, 0.5) is 5.69 Å². The molecule has 0 aliphatic heterocycles. The molecule has 1 N–H and O–H groups in total. The molecule has 0 saturated heterocycles. The van der Waals surface area contributed by atoms with Crippen molar-refractivity contribution < 1.29 is 4.79 Å². The van der Waals surface area contributed by atoms with Gasteiger partial charge in [0.2, 0.25) is 5.91 Å². The Labute approximate surface area is 154 Å². The number of amides is 1. The number of hydrogen-bond acceptors (Lipinski definition) is 4. The summed E-state index contributed by atoms with van der Waals surface area (Å²) in [5.74, 6) is 0.240. The molecule has 1 amide bonds. The minimum atomic E-state index is -0.0728. The van der Waals surface area contributed by atoms with E-state index < -0.39 is 0 Å². The van der Waals surface area contributed by atoms with Crippen LogP contribution in [0.15, 0.2) is 58.3 Å². The third-order valence-corrected chi connectivity index (χ3v) is 5.76. The van der Waals surface area contributed by atoms with Crippen LogP contribution in [0.3, 0.4) is 0 Å². The van der Waals surface area contributed by atoms with Crippen LogP contribution in [0, 0.1) is 6.92 Å². The van der Waals surface area contributed by atoms with Gasteiger partial charge in [-0.2, -0.15) is 0 Å². The predicted molar refractivity (Wildman–Crippen MR) is 103 cm³/mol. The van der Waals surface area contributed by atoms with Gasteiger partial charge in [0.1, 0.15) is 0 Å². The van der Waals surface area contributed by atoms with Crippen molar-refractivity contribution in [3.63, 3.8) is 0 Å². The topological polar surface area (TPSA) is 42.0 Å². The summed E-state index contributed by atoms with van der Waals surface area (Å²) in [5, 5.41) is 5.51.